The average Bonchev–Trinajstić information content (AvgIpc) is 2.45. The summed E-state index contributed by atoms with van der Waals surface area (Å²) in [6, 6.07) is -0.0531. The molecule has 2 aliphatic heterocycles. The van der Waals surface area contributed by atoms with Gasteiger partial charge in [-0.3, -0.25) is 4.79 Å². The number of ether oxygens (including phenoxy) is 2. The number of aliphatic hydroxyl groups excluding tert-OH is 1. The molecule has 0 aromatic heterocycles. The number of nitrogens with zero attached hydrogens (tertiary/aromatic N) is 1. The van der Waals surface area contributed by atoms with E-state index in [1.807, 2.05) is 13.8 Å². The molecule has 0 aromatic carbocycles. The molecule has 1 amide bonds. The minimum Gasteiger partial charge on any atom is -0.391 e. The van der Waals surface area contributed by atoms with Crippen molar-refractivity contribution in [3.63, 3.8) is 0 Å². The van der Waals surface area contributed by atoms with Gasteiger partial charge in [-0.15, -0.1) is 0 Å². The largest absolute Gasteiger partial charge is 0.391 e. The highest BCUT2D eigenvalue weighted by Gasteiger charge is 2.38. The van der Waals surface area contributed by atoms with E-state index in [1.165, 1.54) is 0 Å². The van der Waals surface area contributed by atoms with Crippen LogP contribution >= 0.6 is 0 Å². The first-order chi connectivity index (χ1) is 6.98. The van der Waals surface area contributed by atoms with Crippen LogP contribution in [0.1, 0.15) is 20.3 Å². The summed E-state index contributed by atoms with van der Waals surface area (Å²) in [5.74, 6) is -0.572. The number of amides is 1. The average molecular weight is 215 g/mol. The van der Waals surface area contributed by atoms with E-state index < -0.39 is 11.9 Å². The first-order valence-electron chi connectivity index (χ1n) is 5.23. The van der Waals surface area contributed by atoms with Crippen molar-refractivity contribution >= 4 is 5.91 Å². The van der Waals surface area contributed by atoms with Crippen LogP contribution in [0.3, 0.4) is 0 Å². The second kappa shape index (κ2) is 3.73. The Morgan fingerprint density at radius 2 is 2.00 bits per heavy atom. The summed E-state index contributed by atoms with van der Waals surface area (Å²) in [7, 11) is 0. The number of carbonyl (C=O) groups excluding carboxylic acids is 1. The number of hydrogen-bond acceptors (Lipinski definition) is 4. The number of aliphatic hydroxyl groups is 1. The molecule has 0 spiro atoms. The van der Waals surface area contributed by atoms with Gasteiger partial charge in [0, 0.05) is 6.54 Å². The smallest absolute Gasteiger partial charge is 0.225 e. The molecule has 5 nitrogen and oxygen atoms in total. The molecule has 1 unspecified atom stereocenters. The SMILES string of the molecule is CC1(C)OCC(N2CC(O)CC2=O)CO1. The molecule has 1 N–H and O–H groups in total. The zero-order chi connectivity index (χ0) is 11.1. The number of hydrogen-bond donors (Lipinski definition) is 1. The highest BCUT2D eigenvalue weighted by molar-refractivity contribution is 5.79. The molecule has 15 heavy (non-hydrogen) atoms. The van der Waals surface area contributed by atoms with Crippen LogP contribution in [0.2, 0.25) is 0 Å². The van der Waals surface area contributed by atoms with Crippen LogP contribution in [0.15, 0.2) is 0 Å². The molecule has 5 heteroatoms. The summed E-state index contributed by atoms with van der Waals surface area (Å²) < 4.78 is 11.0. The Kier molecular flexibility index (Phi) is 2.70. The van der Waals surface area contributed by atoms with E-state index in [0.29, 0.717) is 19.8 Å². The van der Waals surface area contributed by atoms with Gasteiger partial charge in [-0.05, 0) is 13.8 Å². The molecule has 2 rings (SSSR count). The molecular formula is C10H17NO4. The molecule has 0 saturated carbocycles. The van der Waals surface area contributed by atoms with Gasteiger partial charge in [-0.25, -0.2) is 0 Å². The first kappa shape index (κ1) is 10.9. The third kappa shape index (κ3) is 2.30. The van der Waals surface area contributed by atoms with E-state index in [4.69, 9.17) is 9.47 Å². The summed E-state index contributed by atoms with van der Waals surface area (Å²) in [4.78, 5) is 13.2. The van der Waals surface area contributed by atoms with Crippen molar-refractivity contribution in [2.24, 2.45) is 0 Å². The first-order valence-corrected chi connectivity index (χ1v) is 5.23. The highest BCUT2D eigenvalue weighted by atomic mass is 16.7. The van der Waals surface area contributed by atoms with E-state index >= 15 is 0 Å². The fraction of sp³-hybridized carbons (Fsp3) is 0.900. The number of rotatable bonds is 1. The zero-order valence-electron chi connectivity index (χ0n) is 9.10. The summed E-state index contributed by atoms with van der Waals surface area (Å²) in [5.41, 5.74) is 0. The Balaban J connectivity index is 1.93. The Labute approximate surface area is 89.0 Å². The van der Waals surface area contributed by atoms with Crippen LogP contribution in [0.25, 0.3) is 0 Å². The fourth-order valence-electron chi connectivity index (χ4n) is 1.93. The fourth-order valence-corrected chi connectivity index (χ4v) is 1.93. The minimum absolute atomic E-state index is 0.0144. The maximum Gasteiger partial charge on any atom is 0.225 e. The van der Waals surface area contributed by atoms with Crippen LogP contribution in [0.5, 0.6) is 0 Å². The van der Waals surface area contributed by atoms with Gasteiger partial charge in [-0.1, -0.05) is 0 Å². The summed E-state index contributed by atoms with van der Waals surface area (Å²) in [5, 5.41) is 9.36. The third-order valence-electron chi connectivity index (χ3n) is 2.83. The zero-order valence-corrected chi connectivity index (χ0v) is 9.10. The molecule has 2 saturated heterocycles. The van der Waals surface area contributed by atoms with Gasteiger partial charge in [-0.2, -0.15) is 0 Å². The maximum absolute atomic E-state index is 11.5. The van der Waals surface area contributed by atoms with Gasteiger partial charge in [0.25, 0.3) is 0 Å². The van der Waals surface area contributed by atoms with Crippen LogP contribution in [0.4, 0.5) is 0 Å². The van der Waals surface area contributed by atoms with Crippen LogP contribution in [-0.2, 0) is 14.3 Å². The molecule has 2 heterocycles. The molecule has 0 bridgehead atoms. The van der Waals surface area contributed by atoms with E-state index in [9.17, 15) is 9.90 Å². The van der Waals surface area contributed by atoms with E-state index in [0.717, 1.165) is 0 Å². The quantitative estimate of drug-likeness (QED) is 0.654. The Morgan fingerprint density at radius 3 is 2.47 bits per heavy atom. The maximum atomic E-state index is 11.5. The molecule has 0 aliphatic carbocycles. The topological polar surface area (TPSA) is 59.0 Å². The number of likely N-dealkylation sites (tertiary alicyclic amines) is 1. The molecular weight excluding hydrogens is 198 g/mol. The van der Waals surface area contributed by atoms with Crippen molar-refractivity contribution in [1.29, 1.82) is 0 Å². The van der Waals surface area contributed by atoms with Gasteiger partial charge in [0.2, 0.25) is 5.91 Å². The Bertz CT molecular complexity index is 256. The molecule has 86 valence electrons. The van der Waals surface area contributed by atoms with E-state index in [2.05, 4.69) is 0 Å². The predicted octanol–water partition coefficient (Wildman–Crippen LogP) is -0.269. The third-order valence-corrected chi connectivity index (χ3v) is 2.83. The number of carbonyl (C=O) groups is 1. The lowest BCUT2D eigenvalue weighted by Gasteiger charge is -2.38. The van der Waals surface area contributed by atoms with Gasteiger partial charge in [0.05, 0.1) is 31.8 Å². The molecule has 2 aliphatic rings. The van der Waals surface area contributed by atoms with Gasteiger partial charge in [0.15, 0.2) is 5.79 Å². The molecule has 2 fully saturated rings. The normalized spacial score (nSPS) is 32.3. The van der Waals surface area contributed by atoms with Crippen LogP contribution in [-0.4, -0.2) is 53.6 Å². The van der Waals surface area contributed by atoms with Crippen LogP contribution < -0.4 is 0 Å². The van der Waals surface area contributed by atoms with Crippen molar-refractivity contribution < 1.29 is 19.4 Å². The van der Waals surface area contributed by atoms with Crippen molar-refractivity contribution in [2.75, 3.05) is 19.8 Å². The molecule has 0 aromatic rings. The standard InChI is InChI=1S/C10H17NO4/c1-10(2)14-5-7(6-15-10)11-4-8(12)3-9(11)13/h7-8,12H,3-6H2,1-2H3. The summed E-state index contributed by atoms with van der Waals surface area (Å²) in [6.07, 6.45) is -0.313. The van der Waals surface area contributed by atoms with Crippen molar-refractivity contribution in [1.82, 2.24) is 4.90 Å². The van der Waals surface area contributed by atoms with Crippen molar-refractivity contribution in [2.45, 2.75) is 38.2 Å². The van der Waals surface area contributed by atoms with Crippen molar-refractivity contribution in [3.8, 4) is 0 Å². The molecule has 1 atom stereocenters. The summed E-state index contributed by atoms with van der Waals surface area (Å²) in [6.45, 7) is 5.06. The Hall–Kier alpha value is -0.650. The second-order valence-electron chi connectivity index (χ2n) is 4.58. The van der Waals surface area contributed by atoms with E-state index in [1.54, 1.807) is 4.90 Å². The predicted molar refractivity (Wildman–Crippen MR) is 52.1 cm³/mol. The monoisotopic (exact) mass is 215 g/mol. The second-order valence-corrected chi connectivity index (χ2v) is 4.58. The minimum atomic E-state index is -0.558. The lowest BCUT2D eigenvalue weighted by Crippen LogP contribution is -2.51. The Morgan fingerprint density at radius 1 is 1.40 bits per heavy atom. The molecule has 0 radical (unpaired) electrons. The van der Waals surface area contributed by atoms with Gasteiger partial charge >= 0.3 is 0 Å². The van der Waals surface area contributed by atoms with Gasteiger partial charge in [0.1, 0.15) is 0 Å². The van der Waals surface area contributed by atoms with Crippen molar-refractivity contribution in [3.05, 3.63) is 0 Å². The lowest BCUT2D eigenvalue weighted by molar-refractivity contribution is -0.262. The van der Waals surface area contributed by atoms with E-state index in [-0.39, 0.29) is 18.4 Å². The van der Waals surface area contributed by atoms with Crippen LogP contribution in [0, 0.1) is 0 Å². The summed E-state index contributed by atoms with van der Waals surface area (Å²) >= 11 is 0. The lowest BCUT2D eigenvalue weighted by atomic mass is 10.2. The number of β-amino-alcohol motifs (C(OH)–C–C–N with tert-alkyl or cyclic N) is 1. The highest BCUT2D eigenvalue weighted by Crippen LogP contribution is 2.23. The van der Waals surface area contributed by atoms with Gasteiger partial charge < -0.3 is 19.5 Å².